The Morgan fingerprint density at radius 1 is 1.27 bits per heavy atom. The molecule has 0 aliphatic carbocycles. The lowest BCUT2D eigenvalue weighted by molar-refractivity contribution is 0.425. The molecule has 15 heavy (non-hydrogen) atoms. The van der Waals surface area contributed by atoms with Gasteiger partial charge >= 0.3 is 7.12 Å². The van der Waals surface area contributed by atoms with Gasteiger partial charge < -0.3 is 14.9 Å². The Labute approximate surface area is 93.5 Å². The molecular weight excluding hydrogens is 211 g/mol. The summed E-state index contributed by atoms with van der Waals surface area (Å²) in [4.78, 5) is 6.43. The third-order valence-electron chi connectivity index (χ3n) is 2.40. The van der Waals surface area contributed by atoms with E-state index in [1.54, 1.807) is 6.07 Å². The fourth-order valence-corrected chi connectivity index (χ4v) is 2.43. The zero-order chi connectivity index (χ0) is 10.7. The molecule has 1 aromatic rings. The summed E-state index contributed by atoms with van der Waals surface area (Å²) < 4.78 is 0. The molecule has 2 rings (SSSR count). The highest BCUT2D eigenvalue weighted by molar-refractivity contribution is 7.99. The molecule has 4 nitrogen and oxygen atoms in total. The Morgan fingerprint density at radius 2 is 2.00 bits per heavy atom. The van der Waals surface area contributed by atoms with Crippen LogP contribution in [-0.4, -0.2) is 46.7 Å². The topological polar surface area (TPSA) is 56.6 Å². The maximum absolute atomic E-state index is 8.92. The lowest BCUT2D eigenvalue weighted by Crippen LogP contribution is -2.34. The summed E-state index contributed by atoms with van der Waals surface area (Å²) in [5.74, 6) is 3.18. The lowest BCUT2D eigenvalue weighted by atomic mass is 9.82. The molecule has 80 valence electrons. The van der Waals surface area contributed by atoms with E-state index in [0.717, 1.165) is 30.4 Å². The van der Waals surface area contributed by atoms with Crippen LogP contribution in [-0.2, 0) is 0 Å². The van der Waals surface area contributed by atoms with Crippen LogP contribution in [0.1, 0.15) is 0 Å². The van der Waals surface area contributed by atoms with Gasteiger partial charge in [-0.05, 0) is 6.07 Å². The fraction of sp³-hybridized carbons (Fsp3) is 0.444. The fourth-order valence-electron chi connectivity index (χ4n) is 1.53. The maximum atomic E-state index is 8.92. The van der Waals surface area contributed by atoms with Crippen molar-refractivity contribution in [3.05, 3.63) is 18.3 Å². The number of hydrogen-bond donors (Lipinski definition) is 2. The van der Waals surface area contributed by atoms with Crippen LogP contribution in [0, 0.1) is 0 Å². The summed E-state index contributed by atoms with van der Waals surface area (Å²) in [5, 5.41) is 17.8. The molecule has 0 unspecified atom stereocenters. The SMILES string of the molecule is OB(O)c1ccc(N2CCSCC2)nc1. The molecule has 1 fully saturated rings. The molecule has 0 saturated carbocycles. The highest BCUT2D eigenvalue weighted by Crippen LogP contribution is 2.15. The third-order valence-corrected chi connectivity index (χ3v) is 3.35. The first-order chi connectivity index (χ1) is 7.27. The van der Waals surface area contributed by atoms with Crippen LogP contribution >= 0.6 is 11.8 Å². The predicted molar refractivity (Wildman–Crippen MR) is 63.6 cm³/mol. The minimum absolute atomic E-state index is 0.435. The highest BCUT2D eigenvalue weighted by atomic mass is 32.2. The van der Waals surface area contributed by atoms with E-state index in [9.17, 15) is 0 Å². The van der Waals surface area contributed by atoms with Gasteiger partial charge in [-0.15, -0.1) is 0 Å². The molecule has 1 aliphatic rings. The van der Waals surface area contributed by atoms with Crippen molar-refractivity contribution >= 4 is 30.2 Å². The molecule has 0 aromatic carbocycles. The second-order valence-electron chi connectivity index (χ2n) is 3.42. The van der Waals surface area contributed by atoms with Crippen LogP contribution in [0.3, 0.4) is 0 Å². The van der Waals surface area contributed by atoms with Crippen LogP contribution in [0.2, 0.25) is 0 Å². The smallest absolute Gasteiger partial charge is 0.423 e. The van der Waals surface area contributed by atoms with E-state index in [1.807, 2.05) is 17.8 Å². The van der Waals surface area contributed by atoms with Gasteiger partial charge in [0.2, 0.25) is 0 Å². The van der Waals surface area contributed by atoms with Gasteiger partial charge in [-0.1, -0.05) is 6.07 Å². The van der Waals surface area contributed by atoms with Gasteiger partial charge in [0, 0.05) is 36.3 Å². The molecule has 0 atom stereocenters. The molecule has 0 spiro atoms. The van der Waals surface area contributed by atoms with Crippen LogP contribution in [0.5, 0.6) is 0 Å². The summed E-state index contributed by atoms with van der Waals surface area (Å²) >= 11 is 1.95. The molecule has 0 bridgehead atoms. The summed E-state index contributed by atoms with van der Waals surface area (Å²) in [6.45, 7) is 2.03. The van der Waals surface area contributed by atoms with Crippen molar-refractivity contribution in [2.45, 2.75) is 0 Å². The number of rotatable bonds is 2. The first-order valence-electron chi connectivity index (χ1n) is 4.92. The van der Waals surface area contributed by atoms with E-state index in [-0.39, 0.29) is 0 Å². The van der Waals surface area contributed by atoms with Crippen molar-refractivity contribution in [1.29, 1.82) is 0 Å². The monoisotopic (exact) mass is 224 g/mol. The Hall–Kier alpha value is -0.715. The van der Waals surface area contributed by atoms with E-state index in [0.29, 0.717) is 5.46 Å². The van der Waals surface area contributed by atoms with Crippen molar-refractivity contribution in [3.63, 3.8) is 0 Å². The summed E-state index contributed by atoms with van der Waals surface area (Å²) in [6, 6.07) is 3.54. The molecule has 6 heteroatoms. The third kappa shape index (κ3) is 2.65. The standard InChI is InChI=1S/C9H13BN2O2S/c13-10(14)8-1-2-9(11-7-8)12-3-5-15-6-4-12/h1-2,7,13-14H,3-6H2. The number of anilines is 1. The number of nitrogens with zero attached hydrogens (tertiary/aromatic N) is 2. The van der Waals surface area contributed by atoms with Crippen LogP contribution < -0.4 is 10.4 Å². The van der Waals surface area contributed by atoms with Gasteiger partial charge in [0.1, 0.15) is 5.82 Å². The second kappa shape index (κ2) is 4.87. The summed E-state index contributed by atoms with van der Waals surface area (Å²) in [5.41, 5.74) is 0.435. The van der Waals surface area contributed by atoms with Crippen molar-refractivity contribution in [3.8, 4) is 0 Å². The van der Waals surface area contributed by atoms with Gasteiger partial charge in [-0.2, -0.15) is 11.8 Å². The first-order valence-corrected chi connectivity index (χ1v) is 6.07. The predicted octanol–water partition coefficient (Wildman–Crippen LogP) is -0.685. The molecule has 2 N–H and O–H groups in total. The minimum atomic E-state index is -1.43. The number of hydrogen-bond acceptors (Lipinski definition) is 5. The quantitative estimate of drug-likeness (QED) is 0.651. The second-order valence-corrected chi connectivity index (χ2v) is 4.65. The van der Waals surface area contributed by atoms with Crippen LogP contribution in [0.25, 0.3) is 0 Å². The summed E-state index contributed by atoms with van der Waals surface area (Å²) in [7, 11) is -1.43. The lowest BCUT2D eigenvalue weighted by Gasteiger charge is -2.27. The molecule has 1 saturated heterocycles. The Morgan fingerprint density at radius 3 is 2.53 bits per heavy atom. The zero-order valence-electron chi connectivity index (χ0n) is 8.33. The molecule has 0 radical (unpaired) electrons. The van der Waals surface area contributed by atoms with Gasteiger partial charge in [0.05, 0.1) is 0 Å². The van der Waals surface area contributed by atoms with E-state index >= 15 is 0 Å². The Bertz CT molecular complexity index is 314. The molecule has 1 aliphatic heterocycles. The van der Waals surface area contributed by atoms with E-state index in [4.69, 9.17) is 10.0 Å². The minimum Gasteiger partial charge on any atom is -0.423 e. The van der Waals surface area contributed by atoms with Crippen molar-refractivity contribution in [1.82, 2.24) is 4.98 Å². The number of pyridine rings is 1. The first kappa shape index (κ1) is 10.8. The van der Waals surface area contributed by atoms with Crippen LogP contribution in [0.15, 0.2) is 18.3 Å². The number of aromatic nitrogens is 1. The zero-order valence-corrected chi connectivity index (χ0v) is 9.15. The van der Waals surface area contributed by atoms with Crippen molar-refractivity contribution in [2.24, 2.45) is 0 Å². The molecular formula is C9H13BN2O2S. The maximum Gasteiger partial charge on any atom is 0.490 e. The Kier molecular flexibility index (Phi) is 3.51. The molecule has 2 heterocycles. The molecule has 1 aromatic heterocycles. The van der Waals surface area contributed by atoms with Gasteiger partial charge in [-0.25, -0.2) is 4.98 Å². The van der Waals surface area contributed by atoms with Crippen molar-refractivity contribution < 1.29 is 10.0 Å². The van der Waals surface area contributed by atoms with E-state index in [1.165, 1.54) is 6.20 Å². The van der Waals surface area contributed by atoms with E-state index in [2.05, 4.69) is 9.88 Å². The highest BCUT2D eigenvalue weighted by Gasteiger charge is 2.14. The van der Waals surface area contributed by atoms with Gasteiger partial charge in [0.25, 0.3) is 0 Å². The van der Waals surface area contributed by atoms with Crippen LogP contribution in [0.4, 0.5) is 5.82 Å². The number of thioether (sulfide) groups is 1. The van der Waals surface area contributed by atoms with Gasteiger partial charge in [-0.3, -0.25) is 0 Å². The average Bonchev–Trinajstić information content (AvgIpc) is 2.30. The van der Waals surface area contributed by atoms with Crippen molar-refractivity contribution in [2.75, 3.05) is 29.5 Å². The average molecular weight is 224 g/mol. The normalized spacial score (nSPS) is 16.5. The Balaban J connectivity index is 2.08. The summed E-state index contributed by atoms with van der Waals surface area (Å²) in [6.07, 6.45) is 1.52. The largest absolute Gasteiger partial charge is 0.490 e. The molecule has 0 amide bonds. The van der Waals surface area contributed by atoms with Gasteiger partial charge in [0.15, 0.2) is 0 Å². The van der Waals surface area contributed by atoms with E-state index < -0.39 is 7.12 Å².